The fourth-order valence-electron chi connectivity index (χ4n) is 4.16. The quantitative estimate of drug-likeness (QED) is 0.664. The standard InChI is InChI=1S/C23H37N3O4S/c1-16(2)22-15-26(13-14-30-22)21-11-9-19(10-12-21)24-23(27)18-5-7-20(8-6-18)25-31(28,29)17(3)4/h9-12,16-18,20,22,25H,5-8,13-15H2,1-4H3,(H,24,27)/t18?,20?,22-/m0/s1. The van der Waals surface area contributed by atoms with Gasteiger partial charge in [0.05, 0.1) is 18.0 Å². The molecule has 7 nitrogen and oxygen atoms in total. The van der Waals surface area contributed by atoms with Gasteiger partial charge in [0.2, 0.25) is 15.9 Å². The van der Waals surface area contributed by atoms with Crippen molar-refractivity contribution in [1.82, 2.24) is 4.72 Å². The van der Waals surface area contributed by atoms with Crippen molar-refractivity contribution in [3.05, 3.63) is 24.3 Å². The van der Waals surface area contributed by atoms with E-state index in [1.807, 2.05) is 12.1 Å². The van der Waals surface area contributed by atoms with Crippen LogP contribution in [0.1, 0.15) is 53.4 Å². The molecule has 0 spiro atoms. The maximum Gasteiger partial charge on any atom is 0.227 e. The van der Waals surface area contributed by atoms with Crippen molar-refractivity contribution in [3.63, 3.8) is 0 Å². The van der Waals surface area contributed by atoms with E-state index < -0.39 is 15.3 Å². The molecule has 0 bridgehead atoms. The van der Waals surface area contributed by atoms with E-state index in [1.165, 1.54) is 0 Å². The lowest BCUT2D eigenvalue weighted by Gasteiger charge is -2.36. The molecule has 2 N–H and O–H groups in total. The first kappa shape index (κ1) is 24.0. The van der Waals surface area contributed by atoms with Gasteiger partial charge >= 0.3 is 0 Å². The van der Waals surface area contributed by atoms with Gasteiger partial charge < -0.3 is 15.0 Å². The van der Waals surface area contributed by atoms with Crippen LogP contribution in [0.4, 0.5) is 11.4 Å². The lowest BCUT2D eigenvalue weighted by atomic mass is 9.86. The van der Waals surface area contributed by atoms with Crippen molar-refractivity contribution in [3.8, 4) is 0 Å². The number of rotatable bonds is 7. The lowest BCUT2D eigenvalue weighted by Crippen LogP contribution is -2.44. The highest BCUT2D eigenvalue weighted by Crippen LogP contribution is 2.27. The zero-order valence-electron chi connectivity index (χ0n) is 19.1. The molecular formula is C23H37N3O4S. The van der Waals surface area contributed by atoms with Gasteiger partial charge in [0, 0.05) is 36.4 Å². The van der Waals surface area contributed by atoms with Crippen molar-refractivity contribution >= 4 is 27.3 Å². The molecule has 0 aromatic heterocycles. The monoisotopic (exact) mass is 451 g/mol. The van der Waals surface area contributed by atoms with Crippen molar-refractivity contribution in [2.75, 3.05) is 29.9 Å². The Morgan fingerprint density at radius 1 is 1.06 bits per heavy atom. The van der Waals surface area contributed by atoms with E-state index in [4.69, 9.17) is 4.74 Å². The SMILES string of the molecule is CC(C)[C@@H]1CN(c2ccc(NC(=O)C3CCC(NS(=O)(=O)C(C)C)CC3)cc2)CCO1. The van der Waals surface area contributed by atoms with E-state index in [9.17, 15) is 13.2 Å². The molecule has 1 saturated carbocycles. The van der Waals surface area contributed by atoms with Crippen LogP contribution in [-0.4, -0.2) is 51.4 Å². The fourth-order valence-corrected chi connectivity index (χ4v) is 5.13. The molecule has 2 aliphatic rings. The number of nitrogens with zero attached hydrogens (tertiary/aromatic N) is 1. The van der Waals surface area contributed by atoms with E-state index in [0.717, 1.165) is 31.1 Å². The third-order valence-corrected chi connectivity index (χ3v) is 8.29. The molecular weight excluding hydrogens is 414 g/mol. The van der Waals surface area contributed by atoms with Crippen LogP contribution in [-0.2, 0) is 19.6 Å². The molecule has 0 unspecified atom stereocenters. The molecule has 174 valence electrons. The Balaban J connectivity index is 1.49. The predicted molar refractivity (Wildman–Crippen MR) is 125 cm³/mol. The largest absolute Gasteiger partial charge is 0.374 e. The summed E-state index contributed by atoms with van der Waals surface area (Å²) in [5.41, 5.74) is 1.94. The van der Waals surface area contributed by atoms with E-state index in [-0.39, 0.29) is 24.0 Å². The molecule has 3 rings (SSSR count). The highest BCUT2D eigenvalue weighted by Gasteiger charge is 2.29. The van der Waals surface area contributed by atoms with Gasteiger partial charge in [-0.3, -0.25) is 4.79 Å². The molecule has 1 amide bonds. The minimum atomic E-state index is -3.27. The predicted octanol–water partition coefficient (Wildman–Crippen LogP) is 3.37. The summed E-state index contributed by atoms with van der Waals surface area (Å²) in [6.45, 7) is 10.2. The number of anilines is 2. The Bertz CT molecular complexity index is 831. The maximum atomic E-state index is 12.7. The van der Waals surface area contributed by atoms with Crippen LogP contribution in [0, 0.1) is 11.8 Å². The second-order valence-corrected chi connectivity index (χ2v) is 11.7. The van der Waals surface area contributed by atoms with Crippen LogP contribution < -0.4 is 14.9 Å². The molecule has 1 aliphatic heterocycles. The van der Waals surface area contributed by atoms with Crippen LogP contribution in [0.15, 0.2) is 24.3 Å². The van der Waals surface area contributed by atoms with E-state index in [0.29, 0.717) is 31.6 Å². The van der Waals surface area contributed by atoms with Gasteiger partial charge in [-0.2, -0.15) is 0 Å². The molecule has 1 heterocycles. The number of morpholine rings is 1. The first-order valence-electron chi connectivity index (χ1n) is 11.4. The first-order chi connectivity index (χ1) is 14.7. The molecule has 2 fully saturated rings. The average molecular weight is 452 g/mol. The summed E-state index contributed by atoms with van der Waals surface area (Å²) in [6.07, 6.45) is 3.01. The fraction of sp³-hybridized carbons (Fsp3) is 0.696. The van der Waals surface area contributed by atoms with E-state index >= 15 is 0 Å². The first-order valence-corrected chi connectivity index (χ1v) is 13.0. The Labute approximate surface area is 187 Å². The average Bonchev–Trinajstić information content (AvgIpc) is 2.74. The number of hydrogen-bond acceptors (Lipinski definition) is 5. The number of carbonyl (C=O) groups is 1. The van der Waals surface area contributed by atoms with Gasteiger partial charge in [0.15, 0.2) is 0 Å². The van der Waals surface area contributed by atoms with Gasteiger partial charge in [-0.1, -0.05) is 13.8 Å². The Morgan fingerprint density at radius 3 is 2.29 bits per heavy atom. The van der Waals surface area contributed by atoms with Crippen molar-refractivity contribution in [2.24, 2.45) is 11.8 Å². The van der Waals surface area contributed by atoms with Crippen molar-refractivity contribution in [2.45, 2.75) is 70.8 Å². The third kappa shape index (κ3) is 6.43. The number of hydrogen-bond donors (Lipinski definition) is 2. The van der Waals surface area contributed by atoms with Crippen LogP contribution in [0.2, 0.25) is 0 Å². The van der Waals surface area contributed by atoms with Gasteiger partial charge in [0.25, 0.3) is 0 Å². The number of nitrogens with one attached hydrogen (secondary N) is 2. The van der Waals surface area contributed by atoms with E-state index in [1.54, 1.807) is 13.8 Å². The number of sulfonamides is 1. The summed E-state index contributed by atoms with van der Waals surface area (Å²) in [5.74, 6) is 0.423. The number of benzene rings is 1. The normalized spacial score (nSPS) is 25.1. The minimum Gasteiger partial charge on any atom is -0.374 e. The molecule has 1 aliphatic carbocycles. The Kier molecular flexibility index (Phi) is 7.99. The number of carbonyl (C=O) groups excluding carboxylic acids is 1. The molecule has 1 saturated heterocycles. The number of amides is 1. The molecule has 31 heavy (non-hydrogen) atoms. The zero-order valence-corrected chi connectivity index (χ0v) is 20.0. The summed E-state index contributed by atoms with van der Waals surface area (Å²) < 4.78 is 32.7. The van der Waals surface area contributed by atoms with Crippen LogP contribution >= 0.6 is 0 Å². The molecule has 0 radical (unpaired) electrons. The topological polar surface area (TPSA) is 87.7 Å². The van der Waals surface area contributed by atoms with Crippen LogP contribution in [0.25, 0.3) is 0 Å². The van der Waals surface area contributed by atoms with Crippen LogP contribution in [0.3, 0.4) is 0 Å². The number of ether oxygens (including phenoxy) is 1. The Hall–Kier alpha value is -1.64. The maximum absolute atomic E-state index is 12.7. The summed E-state index contributed by atoms with van der Waals surface area (Å²) in [6, 6.07) is 7.94. The highest BCUT2D eigenvalue weighted by molar-refractivity contribution is 7.90. The van der Waals surface area contributed by atoms with Crippen LogP contribution in [0.5, 0.6) is 0 Å². The zero-order chi connectivity index (χ0) is 22.6. The van der Waals surface area contributed by atoms with E-state index in [2.05, 4.69) is 40.9 Å². The van der Waals surface area contributed by atoms with Crippen molar-refractivity contribution in [1.29, 1.82) is 0 Å². The second kappa shape index (κ2) is 10.3. The highest BCUT2D eigenvalue weighted by atomic mass is 32.2. The summed E-state index contributed by atoms with van der Waals surface area (Å²) in [7, 11) is -3.27. The molecule has 1 aromatic rings. The third-order valence-electron chi connectivity index (χ3n) is 6.39. The summed E-state index contributed by atoms with van der Waals surface area (Å²) >= 11 is 0. The van der Waals surface area contributed by atoms with Crippen molar-refractivity contribution < 1.29 is 17.9 Å². The lowest BCUT2D eigenvalue weighted by molar-refractivity contribution is -0.120. The summed E-state index contributed by atoms with van der Waals surface area (Å²) in [5, 5.41) is 2.59. The molecule has 1 atom stereocenters. The molecule has 1 aromatic carbocycles. The molecule has 8 heteroatoms. The van der Waals surface area contributed by atoms with Gasteiger partial charge in [-0.15, -0.1) is 0 Å². The smallest absolute Gasteiger partial charge is 0.227 e. The Morgan fingerprint density at radius 2 is 1.71 bits per heavy atom. The summed E-state index contributed by atoms with van der Waals surface area (Å²) in [4.78, 5) is 15.0. The van der Waals surface area contributed by atoms with Gasteiger partial charge in [0.1, 0.15) is 0 Å². The van der Waals surface area contributed by atoms with Gasteiger partial charge in [-0.25, -0.2) is 13.1 Å². The second-order valence-electron chi connectivity index (χ2n) is 9.40. The minimum absolute atomic E-state index is 0.0177. The van der Waals surface area contributed by atoms with Gasteiger partial charge in [-0.05, 0) is 69.7 Å².